The van der Waals surface area contributed by atoms with Gasteiger partial charge in [-0.2, -0.15) is 4.98 Å². The van der Waals surface area contributed by atoms with E-state index in [0.717, 1.165) is 37.8 Å². The second kappa shape index (κ2) is 6.42. The molecule has 0 amide bonds. The molecular formula is C15H27N5O. The average molecular weight is 293 g/mol. The van der Waals surface area contributed by atoms with Crippen LogP contribution in [-0.2, 0) is 0 Å². The molecule has 1 N–H and O–H groups in total. The first-order chi connectivity index (χ1) is 10.2. The van der Waals surface area contributed by atoms with Crippen molar-refractivity contribution in [1.82, 2.24) is 25.3 Å². The Kier molecular flexibility index (Phi) is 4.57. The van der Waals surface area contributed by atoms with Crippen molar-refractivity contribution in [2.75, 3.05) is 40.8 Å². The third-order valence-electron chi connectivity index (χ3n) is 5.06. The zero-order chi connectivity index (χ0) is 14.8. The molecule has 118 valence electrons. The van der Waals surface area contributed by atoms with Crippen molar-refractivity contribution < 1.29 is 4.52 Å². The Labute approximate surface area is 126 Å². The predicted octanol–water partition coefficient (Wildman–Crippen LogP) is 1.23. The molecule has 6 nitrogen and oxygen atoms in total. The van der Waals surface area contributed by atoms with E-state index in [-0.39, 0.29) is 6.04 Å². The number of nitrogens with zero attached hydrogens (tertiary/aromatic N) is 4. The zero-order valence-corrected chi connectivity index (χ0v) is 13.4. The number of aromatic nitrogens is 2. The topological polar surface area (TPSA) is 57.4 Å². The summed E-state index contributed by atoms with van der Waals surface area (Å²) in [4.78, 5) is 9.41. The Balaban J connectivity index is 1.76. The van der Waals surface area contributed by atoms with Gasteiger partial charge in [0.05, 0.1) is 12.0 Å². The van der Waals surface area contributed by atoms with Crippen LogP contribution in [0.25, 0.3) is 0 Å². The van der Waals surface area contributed by atoms with Crippen molar-refractivity contribution in [2.45, 2.75) is 43.7 Å². The van der Waals surface area contributed by atoms with Crippen LogP contribution >= 0.6 is 0 Å². The summed E-state index contributed by atoms with van der Waals surface area (Å²) < 4.78 is 5.63. The SMILES string of the molecule is CNC1CCCCC1c1nc(C2CN(C)CCN2C)no1. The molecule has 2 heterocycles. The molecule has 1 saturated heterocycles. The van der Waals surface area contributed by atoms with Crippen LogP contribution in [0, 0.1) is 0 Å². The van der Waals surface area contributed by atoms with Crippen molar-refractivity contribution in [3.05, 3.63) is 11.7 Å². The fourth-order valence-electron chi connectivity index (χ4n) is 3.59. The molecule has 1 aliphatic carbocycles. The molecule has 1 aromatic heterocycles. The largest absolute Gasteiger partial charge is 0.339 e. The monoisotopic (exact) mass is 293 g/mol. The Hall–Kier alpha value is -0.980. The maximum atomic E-state index is 5.63. The van der Waals surface area contributed by atoms with Crippen molar-refractivity contribution >= 4 is 0 Å². The molecule has 0 aromatic carbocycles. The number of nitrogens with one attached hydrogen (secondary N) is 1. The van der Waals surface area contributed by atoms with Crippen molar-refractivity contribution in [3.63, 3.8) is 0 Å². The lowest BCUT2D eigenvalue weighted by atomic mass is 9.84. The van der Waals surface area contributed by atoms with Crippen LogP contribution < -0.4 is 5.32 Å². The molecule has 0 radical (unpaired) electrons. The summed E-state index contributed by atoms with van der Waals surface area (Å²) in [6.07, 6.45) is 4.89. The zero-order valence-electron chi connectivity index (χ0n) is 13.4. The van der Waals surface area contributed by atoms with Gasteiger partial charge in [0.25, 0.3) is 0 Å². The van der Waals surface area contributed by atoms with E-state index in [0.29, 0.717) is 12.0 Å². The number of piperazine rings is 1. The van der Waals surface area contributed by atoms with Crippen LogP contribution in [0.15, 0.2) is 4.52 Å². The van der Waals surface area contributed by atoms with Crippen LogP contribution in [-0.4, -0.2) is 66.8 Å². The molecule has 3 atom stereocenters. The molecule has 1 aromatic rings. The quantitative estimate of drug-likeness (QED) is 0.905. The summed E-state index contributed by atoms with van der Waals surface area (Å²) in [5.41, 5.74) is 0. The molecule has 6 heteroatoms. The van der Waals surface area contributed by atoms with Crippen LogP contribution in [0.1, 0.15) is 49.4 Å². The third-order valence-corrected chi connectivity index (χ3v) is 5.06. The summed E-state index contributed by atoms with van der Waals surface area (Å²) in [5, 5.41) is 7.70. The van der Waals surface area contributed by atoms with E-state index in [9.17, 15) is 0 Å². The smallest absolute Gasteiger partial charge is 0.231 e. The second-order valence-electron chi connectivity index (χ2n) is 6.54. The minimum atomic E-state index is 0.248. The van der Waals surface area contributed by atoms with Crippen LogP contribution in [0.3, 0.4) is 0 Å². The Bertz CT molecular complexity index is 446. The van der Waals surface area contributed by atoms with Crippen LogP contribution in [0.5, 0.6) is 0 Å². The molecule has 2 fully saturated rings. The summed E-state index contributed by atoms with van der Waals surface area (Å²) in [6.45, 7) is 3.12. The highest BCUT2D eigenvalue weighted by atomic mass is 16.5. The van der Waals surface area contributed by atoms with E-state index in [1.54, 1.807) is 0 Å². The van der Waals surface area contributed by atoms with Crippen LogP contribution in [0.2, 0.25) is 0 Å². The maximum Gasteiger partial charge on any atom is 0.231 e. The first-order valence-electron chi connectivity index (χ1n) is 8.08. The molecule has 0 spiro atoms. The Morgan fingerprint density at radius 2 is 2.00 bits per heavy atom. The van der Waals surface area contributed by atoms with E-state index in [1.807, 2.05) is 7.05 Å². The maximum absolute atomic E-state index is 5.63. The molecular weight excluding hydrogens is 266 g/mol. The van der Waals surface area contributed by atoms with Crippen molar-refractivity contribution in [3.8, 4) is 0 Å². The number of hydrogen-bond donors (Lipinski definition) is 1. The normalized spacial score (nSPS) is 32.4. The van der Waals surface area contributed by atoms with Gasteiger partial charge in [-0.1, -0.05) is 18.0 Å². The minimum absolute atomic E-state index is 0.248. The third kappa shape index (κ3) is 3.12. The molecule has 3 rings (SSSR count). The van der Waals surface area contributed by atoms with E-state index >= 15 is 0 Å². The highest BCUT2D eigenvalue weighted by Crippen LogP contribution is 2.33. The average Bonchev–Trinajstić information content (AvgIpc) is 2.99. The standard InChI is InChI=1S/C15H27N5O/c1-16-12-7-5-4-6-11(12)15-17-14(18-21-15)13-10-19(2)8-9-20(13)3/h11-13,16H,4-10H2,1-3H3. The summed E-state index contributed by atoms with van der Waals surface area (Å²) >= 11 is 0. The number of hydrogen-bond acceptors (Lipinski definition) is 6. The molecule has 3 unspecified atom stereocenters. The van der Waals surface area contributed by atoms with Crippen LogP contribution in [0.4, 0.5) is 0 Å². The lowest BCUT2D eigenvalue weighted by Crippen LogP contribution is -2.45. The van der Waals surface area contributed by atoms with Gasteiger partial charge in [-0.3, -0.25) is 4.90 Å². The predicted molar refractivity (Wildman–Crippen MR) is 81.2 cm³/mol. The van der Waals surface area contributed by atoms with Gasteiger partial charge < -0.3 is 14.7 Å². The van der Waals surface area contributed by atoms with Gasteiger partial charge in [0, 0.05) is 25.7 Å². The minimum Gasteiger partial charge on any atom is -0.339 e. The van der Waals surface area contributed by atoms with Crippen molar-refractivity contribution in [1.29, 1.82) is 0 Å². The second-order valence-corrected chi connectivity index (χ2v) is 6.54. The van der Waals surface area contributed by atoms with Gasteiger partial charge in [-0.05, 0) is 34.0 Å². The lowest BCUT2D eigenvalue weighted by molar-refractivity contribution is 0.108. The first-order valence-corrected chi connectivity index (χ1v) is 8.08. The molecule has 1 saturated carbocycles. The van der Waals surface area contributed by atoms with E-state index in [2.05, 4.69) is 34.4 Å². The number of rotatable bonds is 3. The number of likely N-dealkylation sites (N-methyl/N-ethyl adjacent to an activating group) is 3. The summed E-state index contributed by atoms with van der Waals surface area (Å²) in [6, 6.07) is 0.719. The Morgan fingerprint density at radius 3 is 2.81 bits per heavy atom. The summed E-state index contributed by atoms with van der Waals surface area (Å²) in [5.74, 6) is 2.04. The van der Waals surface area contributed by atoms with Gasteiger partial charge in [-0.25, -0.2) is 0 Å². The highest BCUT2D eigenvalue weighted by molar-refractivity contribution is 5.04. The lowest BCUT2D eigenvalue weighted by Gasteiger charge is -2.35. The van der Waals surface area contributed by atoms with Gasteiger partial charge in [0.1, 0.15) is 0 Å². The molecule has 2 aliphatic rings. The first kappa shape index (κ1) is 14.9. The van der Waals surface area contributed by atoms with E-state index in [1.165, 1.54) is 19.3 Å². The summed E-state index contributed by atoms with van der Waals surface area (Å²) in [7, 11) is 6.33. The van der Waals surface area contributed by atoms with Gasteiger partial charge in [0.15, 0.2) is 5.82 Å². The van der Waals surface area contributed by atoms with Gasteiger partial charge in [-0.15, -0.1) is 0 Å². The highest BCUT2D eigenvalue weighted by Gasteiger charge is 2.33. The van der Waals surface area contributed by atoms with Gasteiger partial charge in [0.2, 0.25) is 5.89 Å². The fourth-order valence-corrected chi connectivity index (χ4v) is 3.59. The van der Waals surface area contributed by atoms with E-state index < -0.39 is 0 Å². The Morgan fingerprint density at radius 1 is 1.19 bits per heavy atom. The fraction of sp³-hybridized carbons (Fsp3) is 0.867. The van der Waals surface area contributed by atoms with E-state index in [4.69, 9.17) is 9.51 Å². The van der Waals surface area contributed by atoms with Crippen molar-refractivity contribution in [2.24, 2.45) is 0 Å². The molecule has 21 heavy (non-hydrogen) atoms. The van der Waals surface area contributed by atoms with Gasteiger partial charge >= 0.3 is 0 Å². The molecule has 1 aliphatic heterocycles. The molecule has 0 bridgehead atoms.